The highest BCUT2D eigenvalue weighted by molar-refractivity contribution is 5.80. The zero-order valence-electron chi connectivity index (χ0n) is 10.2. The molecule has 0 aromatic heterocycles. The average Bonchev–Trinajstić information content (AvgIpc) is 2.51. The van der Waals surface area contributed by atoms with Gasteiger partial charge in [-0.15, -0.1) is 0 Å². The maximum absolute atomic E-state index is 4.60. The van der Waals surface area contributed by atoms with Crippen molar-refractivity contribution in [2.75, 3.05) is 0 Å². The normalized spacial score (nSPS) is 42.2. The number of nitrogens with zero attached hydrogens (tertiary/aromatic N) is 3. The third-order valence-electron chi connectivity index (χ3n) is 4.06. The lowest BCUT2D eigenvalue weighted by atomic mass is 9.74. The van der Waals surface area contributed by atoms with Crippen LogP contribution in [0.2, 0.25) is 0 Å². The number of rotatable bonds is 0. The fraction of sp³-hybridized carbons (Fsp3) is 0.538. The smallest absolute Gasteiger partial charge is 0.115 e. The average molecular weight is 215 g/mol. The van der Waals surface area contributed by atoms with Crippen molar-refractivity contribution in [1.29, 1.82) is 0 Å². The van der Waals surface area contributed by atoms with Gasteiger partial charge in [-0.3, -0.25) is 10.0 Å². The van der Waals surface area contributed by atoms with E-state index < -0.39 is 0 Å². The third kappa shape index (κ3) is 0.938. The summed E-state index contributed by atoms with van der Waals surface area (Å²) in [5.74, 6) is 0. The Morgan fingerprint density at radius 2 is 1.88 bits per heavy atom. The predicted octanol–water partition coefficient (Wildman–Crippen LogP) is 2.57. The largest absolute Gasteiger partial charge is 0.262 e. The molecule has 3 nitrogen and oxygen atoms in total. The first-order valence-electron chi connectivity index (χ1n) is 5.70. The molecule has 3 heteroatoms. The van der Waals surface area contributed by atoms with E-state index in [1.165, 1.54) is 0 Å². The molecule has 2 unspecified atom stereocenters. The molecule has 3 rings (SSSR count). The van der Waals surface area contributed by atoms with Gasteiger partial charge in [-0.2, -0.15) is 5.10 Å². The van der Waals surface area contributed by atoms with Gasteiger partial charge in [0, 0.05) is 24.0 Å². The zero-order chi connectivity index (χ0) is 11.6. The van der Waals surface area contributed by atoms with Crippen LogP contribution < -0.4 is 0 Å². The molecule has 0 radical (unpaired) electrons. The summed E-state index contributed by atoms with van der Waals surface area (Å²) in [5, 5.41) is 6.63. The number of aliphatic imine (C=N–C) groups is 1. The van der Waals surface area contributed by atoms with E-state index in [1.54, 1.807) is 0 Å². The van der Waals surface area contributed by atoms with Gasteiger partial charge in [0.05, 0.1) is 11.1 Å². The molecule has 16 heavy (non-hydrogen) atoms. The molecule has 3 aliphatic rings. The van der Waals surface area contributed by atoms with Crippen molar-refractivity contribution in [3.05, 3.63) is 24.0 Å². The second-order valence-corrected chi connectivity index (χ2v) is 5.87. The molecule has 2 atom stereocenters. The Bertz CT molecular complexity index is 470. The van der Waals surface area contributed by atoms with E-state index >= 15 is 0 Å². The summed E-state index contributed by atoms with van der Waals surface area (Å²) in [6, 6.07) is 0. The van der Waals surface area contributed by atoms with Crippen LogP contribution in [0.3, 0.4) is 0 Å². The Labute approximate surface area is 96.2 Å². The topological polar surface area (TPSA) is 28.0 Å². The van der Waals surface area contributed by atoms with E-state index in [1.807, 2.05) is 17.4 Å². The highest BCUT2D eigenvalue weighted by Crippen LogP contribution is 2.52. The molecular formula is C13H17N3. The van der Waals surface area contributed by atoms with Crippen LogP contribution in [0, 0.1) is 10.8 Å². The molecule has 0 bridgehead atoms. The lowest BCUT2D eigenvalue weighted by Gasteiger charge is -2.37. The highest BCUT2D eigenvalue weighted by Gasteiger charge is 2.56. The number of allylic oxidation sites excluding steroid dienone is 1. The van der Waals surface area contributed by atoms with Crippen molar-refractivity contribution in [1.82, 2.24) is 5.01 Å². The van der Waals surface area contributed by atoms with Gasteiger partial charge in [-0.05, 0) is 19.9 Å². The van der Waals surface area contributed by atoms with Crippen molar-refractivity contribution < 1.29 is 0 Å². The van der Waals surface area contributed by atoms with Crippen molar-refractivity contribution in [3.63, 3.8) is 0 Å². The first kappa shape index (κ1) is 9.82. The highest BCUT2D eigenvalue weighted by atomic mass is 15.5. The van der Waals surface area contributed by atoms with Crippen LogP contribution in [-0.4, -0.2) is 23.0 Å². The second kappa shape index (κ2) is 2.47. The second-order valence-electron chi connectivity index (χ2n) is 5.87. The van der Waals surface area contributed by atoms with E-state index in [9.17, 15) is 0 Å². The first-order chi connectivity index (χ1) is 7.37. The molecule has 3 aliphatic heterocycles. The molecule has 0 aromatic rings. The molecule has 0 aromatic carbocycles. The van der Waals surface area contributed by atoms with E-state index in [4.69, 9.17) is 0 Å². The molecule has 84 valence electrons. The zero-order valence-corrected chi connectivity index (χ0v) is 10.2. The van der Waals surface area contributed by atoms with E-state index in [0.29, 0.717) is 0 Å². The molecule has 0 aliphatic carbocycles. The Balaban J connectivity index is 2.25. The number of hydrogen-bond acceptors (Lipinski definition) is 3. The van der Waals surface area contributed by atoms with E-state index in [-0.39, 0.29) is 16.4 Å². The van der Waals surface area contributed by atoms with Crippen LogP contribution >= 0.6 is 0 Å². The maximum atomic E-state index is 4.60. The Morgan fingerprint density at radius 1 is 1.12 bits per heavy atom. The van der Waals surface area contributed by atoms with Crippen molar-refractivity contribution in [2.45, 2.75) is 33.2 Å². The Hall–Kier alpha value is -1.38. The van der Waals surface area contributed by atoms with Gasteiger partial charge in [-0.25, -0.2) is 0 Å². The molecule has 0 saturated heterocycles. The molecule has 3 heterocycles. The number of hydrogen-bond donors (Lipinski definition) is 0. The van der Waals surface area contributed by atoms with Crippen LogP contribution in [0.1, 0.15) is 27.7 Å². The Morgan fingerprint density at radius 3 is 2.62 bits per heavy atom. The summed E-state index contributed by atoms with van der Waals surface area (Å²) in [6.07, 6.45) is 10.5. The van der Waals surface area contributed by atoms with Crippen LogP contribution in [0.4, 0.5) is 0 Å². The van der Waals surface area contributed by atoms with Crippen LogP contribution in [0.5, 0.6) is 0 Å². The Kier molecular flexibility index (Phi) is 1.52. The number of hydrazone groups is 1. The van der Waals surface area contributed by atoms with Crippen molar-refractivity contribution >= 4 is 12.4 Å². The standard InChI is InChI=1S/C13H17N3/c1-11(2)7-10-13(4)12(3,9-14-10)5-6-16(13)15-8-11/h5-9H,1-4H3. The molecule has 0 spiro atoms. The van der Waals surface area contributed by atoms with Crippen LogP contribution in [0.15, 0.2) is 34.1 Å². The monoisotopic (exact) mass is 215 g/mol. The van der Waals surface area contributed by atoms with E-state index in [2.05, 4.69) is 56.1 Å². The quantitative estimate of drug-likeness (QED) is 0.610. The lowest BCUT2D eigenvalue weighted by molar-refractivity contribution is 0.177. The minimum Gasteiger partial charge on any atom is -0.262 e. The minimum absolute atomic E-state index is 0.0287. The summed E-state index contributed by atoms with van der Waals surface area (Å²) in [4.78, 5) is 4.60. The summed E-state index contributed by atoms with van der Waals surface area (Å²) < 4.78 is 0. The first-order valence-corrected chi connectivity index (χ1v) is 5.70. The fourth-order valence-electron chi connectivity index (χ4n) is 2.61. The lowest BCUT2D eigenvalue weighted by Crippen LogP contribution is -2.47. The summed E-state index contributed by atoms with van der Waals surface area (Å²) >= 11 is 0. The van der Waals surface area contributed by atoms with E-state index in [0.717, 1.165) is 5.70 Å². The van der Waals surface area contributed by atoms with Gasteiger partial charge in [0.25, 0.3) is 0 Å². The molecule has 0 fully saturated rings. The predicted molar refractivity (Wildman–Crippen MR) is 66.3 cm³/mol. The summed E-state index contributed by atoms with van der Waals surface area (Å²) in [6.45, 7) is 8.74. The van der Waals surface area contributed by atoms with Gasteiger partial charge >= 0.3 is 0 Å². The molecule has 0 saturated carbocycles. The third-order valence-corrected chi connectivity index (χ3v) is 4.06. The van der Waals surface area contributed by atoms with Crippen molar-refractivity contribution in [2.24, 2.45) is 20.9 Å². The van der Waals surface area contributed by atoms with Gasteiger partial charge in [-0.1, -0.05) is 19.9 Å². The van der Waals surface area contributed by atoms with Gasteiger partial charge < -0.3 is 0 Å². The SMILES string of the molecule is CC1(C)C=NN2C=CC3(C)C=NC(=C1)C23C. The van der Waals surface area contributed by atoms with Gasteiger partial charge in [0.1, 0.15) is 5.54 Å². The summed E-state index contributed by atoms with van der Waals surface area (Å²) in [5.41, 5.74) is 0.926. The molecular weight excluding hydrogens is 198 g/mol. The van der Waals surface area contributed by atoms with Crippen LogP contribution in [0.25, 0.3) is 0 Å². The minimum atomic E-state index is -0.142. The molecule has 0 N–H and O–H groups in total. The van der Waals surface area contributed by atoms with Gasteiger partial charge in [0.2, 0.25) is 0 Å². The summed E-state index contributed by atoms with van der Waals surface area (Å²) in [7, 11) is 0. The maximum Gasteiger partial charge on any atom is 0.115 e. The van der Waals surface area contributed by atoms with Crippen molar-refractivity contribution in [3.8, 4) is 0 Å². The van der Waals surface area contributed by atoms with Crippen LogP contribution in [-0.2, 0) is 0 Å². The molecule has 0 amide bonds. The van der Waals surface area contributed by atoms with Gasteiger partial charge in [0.15, 0.2) is 0 Å². The fourth-order valence-corrected chi connectivity index (χ4v) is 2.61.